The van der Waals surface area contributed by atoms with Crippen LogP contribution in [-0.2, 0) is 6.61 Å². The van der Waals surface area contributed by atoms with Crippen LogP contribution in [0.25, 0.3) is 5.69 Å². The Kier molecular flexibility index (Phi) is 3.83. The summed E-state index contributed by atoms with van der Waals surface area (Å²) in [6, 6.07) is 17.7. The summed E-state index contributed by atoms with van der Waals surface area (Å²) in [5, 5.41) is 7.10. The molecule has 5 heteroatoms. The standard InChI is InChI=1S/C16H15N3OS/c1-12-7-5-6-10-14(12)19-15(17-18-16(19)21)11-20-13-8-3-2-4-9-13/h2-10H,11H2,1H3,(H,18,21). The van der Waals surface area contributed by atoms with Gasteiger partial charge in [0.1, 0.15) is 12.4 Å². The molecular formula is C16H15N3OS. The average Bonchev–Trinajstić information content (AvgIpc) is 2.88. The minimum Gasteiger partial charge on any atom is -0.486 e. The molecule has 1 aromatic heterocycles. The van der Waals surface area contributed by atoms with Crippen LogP contribution in [0.1, 0.15) is 11.4 Å². The van der Waals surface area contributed by atoms with Gasteiger partial charge >= 0.3 is 0 Å². The lowest BCUT2D eigenvalue weighted by molar-refractivity contribution is 0.293. The Bertz CT molecular complexity index is 793. The third-order valence-electron chi connectivity index (χ3n) is 3.21. The molecule has 0 aliphatic heterocycles. The van der Waals surface area contributed by atoms with Gasteiger partial charge in [-0.3, -0.25) is 9.67 Å². The summed E-state index contributed by atoms with van der Waals surface area (Å²) in [6.07, 6.45) is 0. The molecule has 0 bridgehead atoms. The van der Waals surface area contributed by atoms with Crippen LogP contribution in [0, 0.1) is 11.7 Å². The summed E-state index contributed by atoms with van der Waals surface area (Å²) in [4.78, 5) is 0. The SMILES string of the molecule is Cc1ccccc1-n1c(COc2ccccc2)n[nH]c1=S. The van der Waals surface area contributed by atoms with E-state index in [1.54, 1.807) is 0 Å². The summed E-state index contributed by atoms with van der Waals surface area (Å²) in [7, 11) is 0. The molecule has 0 atom stereocenters. The molecule has 0 saturated carbocycles. The molecule has 4 nitrogen and oxygen atoms in total. The first-order chi connectivity index (χ1) is 10.3. The molecule has 106 valence electrons. The van der Waals surface area contributed by atoms with Crippen LogP contribution in [0.2, 0.25) is 0 Å². The number of aryl methyl sites for hydroxylation is 1. The third-order valence-corrected chi connectivity index (χ3v) is 3.48. The minimum absolute atomic E-state index is 0.353. The summed E-state index contributed by atoms with van der Waals surface area (Å²) < 4.78 is 8.23. The van der Waals surface area contributed by atoms with E-state index in [2.05, 4.69) is 10.2 Å². The molecule has 0 amide bonds. The molecule has 1 N–H and O–H groups in total. The number of hydrogen-bond donors (Lipinski definition) is 1. The maximum Gasteiger partial charge on any atom is 0.199 e. The Morgan fingerprint density at radius 3 is 2.57 bits per heavy atom. The number of rotatable bonds is 4. The molecule has 3 aromatic rings. The molecule has 0 aliphatic rings. The van der Waals surface area contributed by atoms with Crippen molar-refractivity contribution in [3.05, 3.63) is 70.8 Å². The van der Waals surface area contributed by atoms with Crippen molar-refractivity contribution in [1.82, 2.24) is 14.8 Å². The van der Waals surface area contributed by atoms with Gasteiger partial charge in [0.05, 0.1) is 5.69 Å². The van der Waals surface area contributed by atoms with Crippen LogP contribution in [0.15, 0.2) is 54.6 Å². The first-order valence-electron chi connectivity index (χ1n) is 6.66. The van der Waals surface area contributed by atoms with Crippen LogP contribution in [0.3, 0.4) is 0 Å². The highest BCUT2D eigenvalue weighted by Gasteiger charge is 2.10. The number of aromatic amines is 1. The molecule has 2 aromatic carbocycles. The molecular weight excluding hydrogens is 282 g/mol. The molecule has 21 heavy (non-hydrogen) atoms. The predicted molar refractivity (Wildman–Crippen MR) is 84.3 cm³/mol. The van der Waals surface area contributed by atoms with Crippen molar-refractivity contribution in [3.8, 4) is 11.4 Å². The fourth-order valence-electron chi connectivity index (χ4n) is 2.15. The fourth-order valence-corrected chi connectivity index (χ4v) is 2.40. The van der Waals surface area contributed by atoms with Crippen molar-refractivity contribution in [3.63, 3.8) is 0 Å². The Morgan fingerprint density at radius 1 is 1.10 bits per heavy atom. The topological polar surface area (TPSA) is 42.8 Å². The van der Waals surface area contributed by atoms with Crippen LogP contribution in [0.4, 0.5) is 0 Å². The molecule has 0 unspecified atom stereocenters. The van der Waals surface area contributed by atoms with Crippen molar-refractivity contribution in [1.29, 1.82) is 0 Å². The van der Waals surface area contributed by atoms with Crippen molar-refractivity contribution >= 4 is 12.2 Å². The van der Waals surface area contributed by atoms with Crippen LogP contribution < -0.4 is 4.74 Å². The van der Waals surface area contributed by atoms with Gasteiger partial charge in [0.15, 0.2) is 10.6 Å². The molecule has 0 spiro atoms. The number of para-hydroxylation sites is 2. The highest BCUT2D eigenvalue weighted by molar-refractivity contribution is 7.71. The zero-order chi connectivity index (χ0) is 14.7. The fraction of sp³-hybridized carbons (Fsp3) is 0.125. The summed E-state index contributed by atoms with van der Waals surface area (Å²) >= 11 is 5.33. The number of ether oxygens (including phenoxy) is 1. The van der Waals surface area contributed by atoms with E-state index in [0.717, 1.165) is 22.8 Å². The monoisotopic (exact) mass is 297 g/mol. The summed E-state index contributed by atoms with van der Waals surface area (Å²) in [6.45, 7) is 2.40. The molecule has 0 aliphatic carbocycles. The average molecular weight is 297 g/mol. The lowest BCUT2D eigenvalue weighted by atomic mass is 10.2. The molecule has 0 fully saturated rings. The number of hydrogen-bond acceptors (Lipinski definition) is 3. The molecule has 1 heterocycles. The van der Waals surface area contributed by atoms with Gasteiger partial charge in [0.25, 0.3) is 0 Å². The van der Waals surface area contributed by atoms with E-state index in [1.807, 2.05) is 66.1 Å². The van der Waals surface area contributed by atoms with Crippen molar-refractivity contribution < 1.29 is 4.74 Å². The van der Waals surface area contributed by atoms with Gasteiger partial charge in [-0.2, -0.15) is 5.10 Å². The highest BCUT2D eigenvalue weighted by Crippen LogP contribution is 2.17. The Hall–Kier alpha value is -2.40. The van der Waals surface area contributed by atoms with Crippen molar-refractivity contribution in [2.24, 2.45) is 0 Å². The van der Waals surface area contributed by atoms with Gasteiger partial charge in [-0.05, 0) is 42.9 Å². The van der Waals surface area contributed by atoms with Crippen LogP contribution in [0.5, 0.6) is 5.75 Å². The third kappa shape index (κ3) is 2.87. The lowest BCUT2D eigenvalue weighted by Gasteiger charge is -2.10. The van der Waals surface area contributed by atoms with E-state index in [4.69, 9.17) is 17.0 Å². The Labute approximate surface area is 128 Å². The lowest BCUT2D eigenvalue weighted by Crippen LogP contribution is -2.06. The number of nitrogens with zero attached hydrogens (tertiary/aromatic N) is 2. The second kappa shape index (κ2) is 5.93. The second-order valence-electron chi connectivity index (χ2n) is 4.67. The number of nitrogens with one attached hydrogen (secondary N) is 1. The van der Waals surface area contributed by atoms with E-state index in [1.165, 1.54) is 0 Å². The van der Waals surface area contributed by atoms with Crippen LogP contribution in [-0.4, -0.2) is 14.8 Å². The van der Waals surface area contributed by atoms with Crippen molar-refractivity contribution in [2.45, 2.75) is 13.5 Å². The highest BCUT2D eigenvalue weighted by atomic mass is 32.1. The molecule has 0 saturated heterocycles. The minimum atomic E-state index is 0.353. The smallest absolute Gasteiger partial charge is 0.199 e. The van der Waals surface area contributed by atoms with Gasteiger partial charge in [-0.15, -0.1) is 0 Å². The number of benzene rings is 2. The van der Waals surface area contributed by atoms with E-state index < -0.39 is 0 Å². The zero-order valence-corrected chi connectivity index (χ0v) is 12.4. The Morgan fingerprint density at radius 2 is 1.81 bits per heavy atom. The van der Waals surface area contributed by atoms with Gasteiger partial charge in [0.2, 0.25) is 0 Å². The first kappa shape index (κ1) is 13.6. The van der Waals surface area contributed by atoms with E-state index in [0.29, 0.717) is 11.4 Å². The number of H-pyrrole nitrogens is 1. The van der Waals surface area contributed by atoms with Gasteiger partial charge in [0, 0.05) is 0 Å². The van der Waals surface area contributed by atoms with E-state index >= 15 is 0 Å². The predicted octanol–water partition coefficient (Wildman–Crippen LogP) is 3.82. The first-order valence-corrected chi connectivity index (χ1v) is 7.06. The van der Waals surface area contributed by atoms with Crippen molar-refractivity contribution in [2.75, 3.05) is 0 Å². The molecule has 0 radical (unpaired) electrons. The maximum absolute atomic E-state index is 5.76. The largest absolute Gasteiger partial charge is 0.486 e. The zero-order valence-electron chi connectivity index (χ0n) is 11.6. The van der Waals surface area contributed by atoms with Gasteiger partial charge < -0.3 is 4.74 Å². The van der Waals surface area contributed by atoms with Crippen LogP contribution >= 0.6 is 12.2 Å². The Balaban J connectivity index is 1.91. The van der Waals surface area contributed by atoms with Gasteiger partial charge in [-0.1, -0.05) is 36.4 Å². The number of aromatic nitrogens is 3. The van der Waals surface area contributed by atoms with E-state index in [9.17, 15) is 0 Å². The maximum atomic E-state index is 5.76. The quantitative estimate of drug-likeness (QED) is 0.744. The van der Waals surface area contributed by atoms with Gasteiger partial charge in [-0.25, -0.2) is 0 Å². The summed E-state index contributed by atoms with van der Waals surface area (Å²) in [5.74, 6) is 1.56. The summed E-state index contributed by atoms with van der Waals surface area (Å²) in [5.41, 5.74) is 2.15. The second-order valence-corrected chi connectivity index (χ2v) is 5.06. The molecule has 3 rings (SSSR count). The van der Waals surface area contributed by atoms with E-state index in [-0.39, 0.29) is 0 Å². The normalized spacial score (nSPS) is 10.5.